The molecule has 0 spiro atoms. The highest BCUT2D eigenvalue weighted by Crippen LogP contribution is 2.20. The fraction of sp³-hybridized carbons (Fsp3) is 0.583. The SMILES string of the molecule is CC(C)NCc1ccc(SC(C)C)nc1. The van der Waals surface area contributed by atoms with Crippen molar-refractivity contribution in [3.05, 3.63) is 23.9 Å². The molecule has 1 rings (SSSR count). The first-order valence-electron chi connectivity index (χ1n) is 5.43. The van der Waals surface area contributed by atoms with Crippen LogP contribution in [0.2, 0.25) is 0 Å². The van der Waals surface area contributed by atoms with E-state index in [4.69, 9.17) is 0 Å². The molecule has 1 aromatic heterocycles. The van der Waals surface area contributed by atoms with Gasteiger partial charge < -0.3 is 5.32 Å². The lowest BCUT2D eigenvalue weighted by Crippen LogP contribution is -2.21. The number of nitrogens with zero attached hydrogens (tertiary/aromatic N) is 1. The summed E-state index contributed by atoms with van der Waals surface area (Å²) < 4.78 is 0. The smallest absolute Gasteiger partial charge is 0.0962 e. The van der Waals surface area contributed by atoms with Crippen molar-refractivity contribution in [2.75, 3.05) is 0 Å². The summed E-state index contributed by atoms with van der Waals surface area (Å²) in [6.45, 7) is 9.56. The van der Waals surface area contributed by atoms with Crippen LogP contribution in [0.5, 0.6) is 0 Å². The fourth-order valence-electron chi connectivity index (χ4n) is 1.15. The van der Waals surface area contributed by atoms with Crippen molar-refractivity contribution in [3.63, 3.8) is 0 Å². The lowest BCUT2D eigenvalue weighted by molar-refractivity contribution is 0.587. The van der Waals surface area contributed by atoms with E-state index in [-0.39, 0.29) is 0 Å². The number of rotatable bonds is 5. The number of aromatic nitrogens is 1. The Morgan fingerprint density at radius 2 is 2.00 bits per heavy atom. The average molecular weight is 224 g/mol. The van der Waals surface area contributed by atoms with E-state index in [0.29, 0.717) is 11.3 Å². The van der Waals surface area contributed by atoms with Crippen LogP contribution >= 0.6 is 11.8 Å². The molecule has 1 aromatic rings. The molecule has 84 valence electrons. The highest BCUT2D eigenvalue weighted by atomic mass is 32.2. The largest absolute Gasteiger partial charge is 0.310 e. The van der Waals surface area contributed by atoms with Gasteiger partial charge in [0.05, 0.1) is 5.03 Å². The molecule has 0 bridgehead atoms. The van der Waals surface area contributed by atoms with Crippen LogP contribution in [0, 0.1) is 0 Å². The maximum atomic E-state index is 4.42. The van der Waals surface area contributed by atoms with E-state index < -0.39 is 0 Å². The van der Waals surface area contributed by atoms with Gasteiger partial charge in [0.2, 0.25) is 0 Å². The number of hydrogen-bond acceptors (Lipinski definition) is 3. The Morgan fingerprint density at radius 3 is 2.47 bits per heavy atom. The quantitative estimate of drug-likeness (QED) is 0.778. The summed E-state index contributed by atoms with van der Waals surface area (Å²) in [6, 6.07) is 4.77. The molecule has 1 N–H and O–H groups in total. The van der Waals surface area contributed by atoms with Crippen LogP contribution in [-0.2, 0) is 6.54 Å². The minimum Gasteiger partial charge on any atom is -0.310 e. The van der Waals surface area contributed by atoms with Crippen molar-refractivity contribution >= 4 is 11.8 Å². The van der Waals surface area contributed by atoms with Gasteiger partial charge in [0, 0.05) is 24.0 Å². The first kappa shape index (κ1) is 12.5. The van der Waals surface area contributed by atoms with Crippen molar-refractivity contribution in [3.8, 4) is 0 Å². The third kappa shape index (κ3) is 5.19. The molecule has 0 saturated heterocycles. The highest BCUT2D eigenvalue weighted by Gasteiger charge is 2.00. The summed E-state index contributed by atoms with van der Waals surface area (Å²) in [4.78, 5) is 4.42. The van der Waals surface area contributed by atoms with E-state index in [2.05, 4.69) is 50.1 Å². The summed E-state index contributed by atoms with van der Waals surface area (Å²) >= 11 is 1.80. The minimum absolute atomic E-state index is 0.523. The molecule has 2 nitrogen and oxygen atoms in total. The Hall–Kier alpha value is -0.540. The monoisotopic (exact) mass is 224 g/mol. The average Bonchev–Trinajstić information content (AvgIpc) is 2.16. The van der Waals surface area contributed by atoms with Crippen molar-refractivity contribution in [2.24, 2.45) is 0 Å². The van der Waals surface area contributed by atoms with E-state index in [1.165, 1.54) is 5.56 Å². The normalized spacial score (nSPS) is 11.3. The number of pyridine rings is 1. The minimum atomic E-state index is 0.523. The van der Waals surface area contributed by atoms with Crippen LogP contribution in [0.4, 0.5) is 0 Å². The zero-order chi connectivity index (χ0) is 11.3. The van der Waals surface area contributed by atoms with Crippen LogP contribution in [-0.4, -0.2) is 16.3 Å². The van der Waals surface area contributed by atoms with Crippen LogP contribution in [0.3, 0.4) is 0 Å². The lowest BCUT2D eigenvalue weighted by atomic mass is 10.2. The Balaban J connectivity index is 2.49. The molecular weight excluding hydrogens is 204 g/mol. The molecule has 15 heavy (non-hydrogen) atoms. The molecule has 0 aliphatic heterocycles. The van der Waals surface area contributed by atoms with Gasteiger partial charge in [-0.25, -0.2) is 4.98 Å². The third-order valence-electron chi connectivity index (χ3n) is 1.87. The van der Waals surface area contributed by atoms with Crippen LogP contribution in [0.1, 0.15) is 33.3 Å². The topological polar surface area (TPSA) is 24.9 Å². The first-order chi connectivity index (χ1) is 7.08. The van der Waals surface area contributed by atoms with Crippen LogP contribution in [0.25, 0.3) is 0 Å². The summed E-state index contributed by atoms with van der Waals surface area (Å²) in [6.07, 6.45) is 1.96. The second-order valence-corrected chi connectivity index (χ2v) is 5.80. The van der Waals surface area contributed by atoms with Crippen molar-refractivity contribution in [1.82, 2.24) is 10.3 Å². The molecule has 0 atom stereocenters. The van der Waals surface area contributed by atoms with E-state index in [1.54, 1.807) is 11.8 Å². The predicted molar refractivity (Wildman–Crippen MR) is 67.2 cm³/mol. The second kappa shape index (κ2) is 6.13. The zero-order valence-corrected chi connectivity index (χ0v) is 10.8. The highest BCUT2D eigenvalue weighted by molar-refractivity contribution is 7.99. The summed E-state index contributed by atoms with van der Waals surface area (Å²) in [5, 5.41) is 5.08. The van der Waals surface area contributed by atoms with Gasteiger partial charge in [-0.2, -0.15) is 0 Å². The van der Waals surface area contributed by atoms with E-state index in [0.717, 1.165) is 11.6 Å². The fourth-order valence-corrected chi connectivity index (χ4v) is 1.89. The Bertz CT molecular complexity index is 280. The molecule has 0 fully saturated rings. The molecule has 0 saturated carbocycles. The van der Waals surface area contributed by atoms with Crippen LogP contribution in [0.15, 0.2) is 23.4 Å². The number of nitrogens with one attached hydrogen (secondary N) is 1. The lowest BCUT2D eigenvalue weighted by Gasteiger charge is -2.08. The van der Waals surface area contributed by atoms with E-state index in [1.807, 2.05) is 6.20 Å². The first-order valence-corrected chi connectivity index (χ1v) is 6.31. The number of hydrogen-bond donors (Lipinski definition) is 1. The Kier molecular flexibility index (Phi) is 5.12. The molecule has 0 amide bonds. The predicted octanol–water partition coefficient (Wildman–Crippen LogP) is 3.08. The Labute approximate surface area is 96.9 Å². The van der Waals surface area contributed by atoms with E-state index >= 15 is 0 Å². The van der Waals surface area contributed by atoms with Gasteiger partial charge in [0.1, 0.15) is 0 Å². The third-order valence-corrected chi connectivity index (χ3v) is 2.82. The van der Waals surface area contributed by atoms with Crippen molar-refractivity contribution in [1.29, 1.82) is 0 Å². The van der Waals surface area contributed by atoms with Gasteiger partial charge in [-0.05, 0) is 11.6 Å². The van der Waals surface area contributed by atoms with Crippen molar-refractivity contribution in [2.45, 2.75) is 50.6 Å². The number of thioether (sulfide) groups is 1. The zero-order valence-electron chi connectivity index (χ0n) is 9.95. The molecule has 0 aliphatic rings. The maximum absolute atomic E-state index is 4.42. The maximum Gasteiger partial charge on any atom is 0.0962 e. The standard InChI is InChI=1S/C12H20N2S/c1-9(2)13-7-11-5-6-12(14-8-11)15-10(3)4/h5-6,8-10,13H,7H2,1-4H3. The van der Waals surface area contributed by atoms with Crippen LogP contribution < -0.4 is 5.32 Å². The van der Waals surface area contributed by atoms with Gasteiger partial charge in [-0.1, -0.05) is 33.8 Å². The molecule has 3 heteroatoms. The summed E-state index contributed by atoms with van der Waals surface area (Å²) in [5.41, 5.74) is 1.25. The second-order valence-electron chi connectivity index (χ2n) is 4.21. The molecule has 0 unspecified atom stereocenters. The molecule has 0 radical (unpaired) electrons. The van der Waals surface area contributed by atoms with Crippen molar-refractivity contribution < 1.29 is 0 Å². The molecule has 0 aliphatic carbocycles. The van der Waals surface area contributed by atoms with Gasteiger partial charge in [0.15, 0.2) is 0 Å². The molecule has 0 aromatic carbocycles. The van der Waals surface area contributed by atoms with Gasteiger partial charge >= 0.3 is 0 Å². The van der Waals surface area contributed by atoms with Gasteiger partial charge in [0.25, 0.3) is 0 Å². The summed E-state index contributed by atoms with van der Waals surface area (Å²) in [7, 11) is 0. The summed E-state index contributed by atoms with van der Waals surface area (Å²) in [5.74, 6) is 0. The van der Waals surface area contributed by atoms with Gasteiger partial charge in [-0.3, -0.25) is 0 Å². The molecule has 1 heterocycles. The molecular formula is C12H20N2S. The Morgan fingerprint density at radius 1 is 1.27 bits per heavy atom. The van der Waals surface area contributed by atoms with Gasteiger partial charge in [-0.15, -0.1) is 11.8 Å². The van der Waals surface area contributed by atoms with E-state index in [9.17, 15) is 0 Å².